The second-order valence-electron chi connectivity index (χ2n) is 2.92. The highest BCUT2D eigenvalue weighted by Crippen LogP contribution is 2.08. The maximum atomic E-state index is 5.49. The Morgan fingerprint density at radius 2 is 2.31 bits per heavy atom. The Bertz CT molecular complexity index is 288. The van der Waals surface area contributed by atoms with Gasteiger partial charge in [0, 0.05) is 17.8 Å². The standard InChI is InChI=1S/C9H14N4/c1-4-6(2)11-8-5-7(3)12-9(10)13-8/h4-6H,1H2,2-3H3,(H3,10,11,12,13). The summed E-state index contributed by atoms with van der Waals surface area (Å²) in [4.78, 5) is 8.00. The van der Waals surface area contributed by atoms with Crippen molar-refractivity contribution in [2.75, 3.05) is 11.1 Å². The SMILES string of the molecule is C=CC(C)Nc1cc(C)nc(N)n1. The zero-order chi connectivity index (χ0) is 9.84. The quantitative estimate of drug-likeness (QED) is 0.686. The normalized spacial score (nSPS) is 12.2. The topological polar surface area (TPSA) is 63.8 Å². The van der Waals surface area contributed by atoms with Gasteiger partial charge in [0.25, 0.3) is 0 Å². The van der Waals surface area contributed by atoms with Crippen LogP contribution in [0.3, 0.4) is 0 Å². The monoisotopic (exact) mass is 178 g/mol. The molecule has 0 bridgehead atoms. The van der Waals surface area contributed by atoms with Crippen molar-refractivity contribution in [1.29, 1.82) is 0 Å². The van der Waals surface area contributed by atoms with E-state index in [9.17, 15) is 0 Å². The summed E-state index contributed by atoms with van der Waals surface area (Å²) >= 11 is 0. The summed E-state index contributed by atoms with van der Waals surface area (Å²) in [5.41, 5.74) is 6.34. The van der Waals surface area contributed by atoms with Crippen molar-refractivity contribution < 1.29 is 0 Å². The van der Waals surface area contributed by atoms with Crippen LogP contribution < -0.4 is 11.1 Å². The molecule has 13 heavy (non-hydrogen) atoms. The fourth-order valence-corrected chi connectivity index (χ4v) is 0.958. The molecule has 0 aromatic carbocycles. The molecule has 0 amide bonds. The summed E-state index contributed by atoms with van der Waals surface area (Å²) in [6, 6.07) is 2.02. The highest BCUT2D eigenvalue weighted by Gasteiger charge is 2.00. The fraction of sp³-hybridized carbons (Fsp3) is 0.333. The van der Waals surface area contributed by atoms with Gasteiger partial charge in [-0.2, -0.15) is 4.98 Å². The van der Waals surface area contributed by atoms with Crippen LogP contribution in [-0.2, 0) is 0 Å². The first kappa shape index (κ1) is 9.51. The van der Waals surface area contributed by atoms with E-state index < -0.39 is 0 Å². The Kier molecular flexibility index (Phi) is 2.84. The van der Waals surface area contributed by atoms with Gasteiger partial charge in [0.05, 0.1) is 0 Å². The van der Waals surface area contributed by atoms with E-state index in [2.05, 4.69) is 21.9 Å². The van der Waals surface area contributed by atoms with Crippen molar-refractivity contribution in [3.05, 3.63) is 24.4 Å². The molecule has 1 aromatic heterocycles. The van der Waals surface area contributed by atoms with Gasteiger partial charge < -0.3 is 11.1 Å². The third kappa shape index (κ3) is 2.74. The van der Waals surface area contributed by atoms with E-state index in [0.717, 1.165) is 11.5 Å². The van der Waals surface area contributed by atoms with Crippen molar-refractivity contribution in [2.24, 2.45) is 0 Å². The van der Waals surface area contributed by atoms with Gasteiger partial charge in [-0.1, -0.05) is 6.08 Å². The number of hydrogen-bond donors (Lipinski definition) is 2. The summed E-state index contributed by atoms with van der Waals surface area (Å²) in [6.45, 7) is 7.53. The van der Waals surface area contributed by atoms with Crippen molar-refractivity contribution >= 4 is 11.8 Å². The molecular formula is C9H14N4. The van der Waals surface area contributed by atoms with Crippen LogP contribution >= 0.6 is 0 Å². The van der Waals surface area contributed by atoms with Crippen LogP contribution in [0.2, 0.25) is 0 Å². The minimum atomic E-state index is 0.175. The molecule has 0 fully saturated rings. The number of aryl methyl sites for hydroxylation is 1. The number of nitrogens with two attached hydrogens (primary N) is 1. The van der Waals surface area contributed by atoms with Gasteiger partial charge in [-0.3, -0.25) is 0 Å². The second kappa shape index (κ2) is 3.89. The van der Waals surface area contributed by atoms with Crippen LogP contribution in [0.25, 0.3) is 0 Å². The van der Waals surface area contributed by atoms with E-state index in [4.69, 9.17) is 5.73 Å². The summed E-state index contributed by atoms with van der Waals surface area (Å²) < 4.78 is 0. The number of anilines is 2. The Balaban J connectivity index is 2.82. The molecule has 70 valence electrons. The smallest absolute Gasteiger partial charge is 0.222 e. The number of rotatable bonds is 3. The average Bonchev–Trinajstić information content (AvgIpc) is 2.02. The number of nitrogen functional groups attached to an aromatic ring is 1. The van der Waals surface area contributed by atoms with E-state index >= 15 is 0 Å². The van der Waals surface area contributed by atoms with E-state index in [1.807, 2.05) is 19.9 Å². The lowest BCUT2D eigenvalue weighted by atomic mass is 10.3. The molecule has 0 spiro atoms. The van der Waals surface area contributed by atoms with Gasteiger partial charge in [-0.15, -0.1) is 6.58 Å². The third-order valence-corrected chi connectivity index (χ3v) is 1.60. The van der Waals surface area contributed by atoms with Gasteiger partial charge >= 0.3 is 0 Å². The molecule has 4 heteroatoms. The van der Waals surface area contributed by atoms with Crippen LogP contribution in [0, 0.1) is 6.92 Å². The zero-order valence-corrected chi connectivity index (χ0v) is 7.91. The molecule has 0 aliphatic rings. The first-order chi connectivity index (χ1) is 6.11. The van der Waals surface area contributed by atoms with Crippen LogP contribution in [0.1, 0.15) is 12.6 Å². The highest BCUT2D eigenvalue weighted by atomic mass is 15.1. The first-order valence-electron chi connectivity index (χ1n) is 4.12. The predicted molar refractivity (Wildman–Crippen MR) is 54.5 cm³/mol. The van der Waals surface area contributed by atoms with Gasteiger partial charge in [-0.05, 0) is 13.8 Å². The van der Waals surface area contributed by atoms with E-state index in [-0.39, 0.29) is 6.04 Å². The van der Waals surface area contributed by atoms with E-state index in [0.29, 0.717) is 5.95 Å². The van der Waals surface area contributed by atoms with Gasteiger partial charge in [0.15, 0.2) is 0 Å². The largest absolute Gasteiger partial charge is 0.368 e. The molecule has 1 unspecified atom stereocenters. The molecule has 0 saturated carbocycles. The Hall–Kier alpha value is -1.58. The molecule has 0 radical (unpaired) electrons. The Morgan fingerprint density at radius 3 is 2.85 bits per heavy atom. The van der Waals surface area contributed by atoms with Crippen molar-refractivity contribution in [2.45, 2.75) is 19.9 Å². The molecule has 1 rings (SSSR count). The molecule has 4 nitrogen and oxygen atoms in total. The molecule has 1 atom stereocenters. The van der Waals surface area contributed by atoms with Gasteiger partial charge in [0.2, 0.25) is 5.95 Å². The lowest BCUT2D eigenvalue weighted by Gasteiger charge is -2.10. The summed E-state index contributed by atoms with van der Waals surface area (Å²) in [7, 11) is 0. The molecule has 1 heterocycles. The van der Waals surface area contributed by atoms with Gasteiger partial charge in [0.1, 0.15) is 5.82 Å². The predicted octanol–water partition coefficient (Wildman–Crippen LogP) is 1.35. The lowest BCUT2D eigenvalue weighted by molar-refractivity contribution is 0.973. The molecular weight excluding hydrogens is 164 g/mol. The number of nitrogens with zero attached hydrogens (tertiary/aromatic N) is 2. The Labute approximate surface area is 77.9 Å². The molecule has 0 aliphatic heterocycles. The number of hydrogen-bond acceptors (Lipinski definition) is 4. The molecule has 1 aromatic rings. The number of aromatic nitrogens is 2. The summed E-state index contributed by atoms with van der Waals surface area (Å²) in [5.74, 6) is 1.02. The summed E-state index contributed by atoms with van der Waals surface area (Å²) in [5, 5.41) is 3.12. The van der Waals surface area contributed by atoms with E-state index in [1.165, 1.54) is 0 Å². The maximum Gasteiger partial charge on any atom is 0.222 e. The fourth-order valence-electron chi connectivity index (χ4n) is 0.958. The van der Waals surface area contributed by atoms with Crippen molar-refractivity contribution in [3.63, 3.8) is 0 Å². The second-order valence-corrected chi connectivity index (χ2v) is 2.92. The maximum absolute atomic E-state index is 5.49. The van der Waals surface area contributed by atoms with Crippen LogP contribution in [0.5, 0.6) is 0 Å². The van der Waals surface area contributed by atoms with Crippen LogP contribution in [0.15, 0.2) is 18.7 Å². The van der Waals surface area contributed by atoms with Crippen molar-refractivity contribution in [1.82, 2.24) is 9.97 Å². The first-order valence-corrected chi connectivity index (χ1v) is 4.12. The lowest BCUT2D eigenvalue weighted by Crippen LogP contribution is -2.13. The minimum Gasteiger partial charge on any atom is -0.368 e. The highest BCUT2D eigenvalue weighted by molar-refractivity contribution is 5.41. The summed E-state index contributed by atoms with van der Waals surface area (Å²) in [6.07, 6.45) is 1.80. The Morgan fingerprint density at radius 1 is 1.62 bits per heavy atom. The average molecular weight is 178 g/mol. The number of nitrogens with one attached hydrogen (secondary N) is 1. The molecule has 0 aliphatic carbocycles. The molecule has 3 N–H and O–H groups in total. The minimum absolute atomic E-state index is 0.175. The van der Waals surface area contributed by atoms with E-state index in [1.54, 1.807) is 6.08 Å². The van der Waals surface area contributed by atoms with Crippen LogP contribution in [-0.4, -0.2) is 16.0 Å². The molecule has 0 saturated heterocycles. The van der Waals surface area contributed by atoms with Gasteiger partial charge in [-0.25, -0.2) is 4.98 Å². The third-order valence-electron chi connectivity index (χ3n) is 1.60. The van der Waals surface area contributed by atoms with Crippen molar-refractivity contribution in [3.8, 4) is 0 Å². The zero-order valence-electron chi connectivity index (χ0n) is 7.91. The van der Waals surface area contributed by atoms with Crippen LogP contribution in [0.4, 0.5) is 11.8 Å².